The molecule has 0 fully saturated rings. The molecular formula is C7H7N3S. The van der Waals surface area contributed by atoms with Crippen molar-refractivity contribution in [1.82, 2.24) is 15.0 Å². The van der Waals surface area contributed by atoms with Crippen molar-refractivity contribution >= 4 is 23.3 Å². The third-order valence-corrected chi connectivity index (χ3v) is 1.90. The molecule has 0 spiro atoms. The average Bonchev–Trinajstić information content (AvgIpc) is 2.31. The Bertz CT molecular complexity index is 440. The minimum Gasteiger partial charge on any atom is -0.345 e. The summed E-state index contributed by atoms with van der Waals surface area (Å²) in [5, 5.41) is 0.986. The predicted molar refractivity (Wildman–Crippen MR) is 46.0 cm³/mol. The molecule has 11 heavy (non-hydrogen) atoms. The molecule has 0 radical (unpaired) electrons. The van der Waals surface area contributed by atoms with Crippen molar-refractivity contribution in [1.29, 1.82) is 0 Å². The van der Waals surface area contributed by atoms with Crippen LogP contribution in [0.3, 0.4) is 0 Å². The van der Waals surface area contributed by atoms with Gasteiger partial charge in [-0.25, -0.2) is 4.98 Å². The fourth-order valence-corrected chi connectivity index (χ4v) is 1.31. The van der Waals surface area contributed by atoms with Crippen LogP contribution in [0, 0.1) is 11.6 Å². The van der Waals surface area contributed by atoms with E-state index in [-0.39, 0.29) is 0 Å². The van der Waals surface area contributed by atoms with E-state index in [0.717, 1.165) is 16.7 Å². The molecule has 0 atom stereocenters. The number of hydrogen-bond acceptors (Lipinski definition) is 2. The summed E-state index contributed by atoms with van der Waals surface area (Å²) in [6.45, 7) is 1.99. The molecule has 56 valence electrons. The van der Waals surface area contributed by atoms with Gasteiger partial charge in [0.1, 0.15) is 10.3 Å². The van der Waals surface area contributed by atoms with E-state index >= 15 is 0 Å². The van der Waals surface area contributed by atoms with Gasteiger partial charge < -0.3 is 9.97 Å². The fraction of sp³-hybridized carbons (Fsp3) is 0.143. The second kappa shape index (κ2) is 2.17. The molecule has 0 aliphatic heterocycles. The molecule has 3 nitrogen and oxygen atoms in total. The summed E-state index contributed by atoms with van der Waals surface area (Å²) in [4.78, 5) is 10.1. The molecule has 0 saturated carbocycles. The Labute approximate surface area is 68.5 Å². The Morgan fingerprint density at radius 2 is 2.36 bits per heavy atom. The van der Waals surface area contributed by atoms with Gasteiger partial charge in [-0.15, -0.1) is 0 Å². The summed E-state index contributed by atoms with van der Waals surface area (Å²) < 4.78 is 0.642. The zero-order chi connectivity index (χ0) is 7.84. The van der Waals surface area contributed by atoms with Gasteiger partial charge >= 0.3 is 0 Å². The lowest BCUT2D eigenvalue weighted by molar-refractivity contribution is 1.17. The first kappa shape index (κ1) is 6.54. The Morgan fingerprint density at radius 1 is 1.55 bits per heavy atom. The van der Waals surface area contributed by atoms with Crippen molar-refractivity contribution in [2.45, 2.75) is 6.92 Å². The van der Waals surface area contributed by atoms with Gasteiger partial charge in [0, 0.05) is 5.69 Å². The standard InChI is InChI=1S/C7H7N3S/c1-4-2-5-6(10-4)8-3-9-7(5)11/h2-3H,1H3,(H2,8,9,10,11). The number of aryl methyl sites for hydroxylation is 1. The van der Waals surface area contributed by atoms with E-state index in [1.807, 2.05) is 13.0 Å². The number of H-pyrrole nitrogens is 2. The quantitative estimate of drug-likeness (QED) is 0.586. The highest BCUT2D eigenvalue weighted by atomic mass is 32.1. The minimum absolute atomic E-state index is 0.642. The van der Waals surface area contributed by atoms with Crippen LogP contribution in [-0.4, -0.2) is 15.0 Å². The topological polar surface area (TPSA) is 44.5 Å². The molecule has 0 amide bonds. The summed E-state index contributed by atoms with van der Waals surface area (Å²) in [7, 11) is 0. The number of rotatable bonds is 0. The highest BCUT2D eigenvalue weighted by Gasteiger charge is 1.97. The van der Waals surface area contributed by atoms with Crippen molar-refractivity contribution in [2.75, 3.05) is 0 Å². The summed E-state index contributed by atoms with van der Waals surface area (Å²) in [5.41, 5.74) is 2.04. The van der Waals surface area contributed by atoms with Crippen LogP contribution in [0.2, 0.25) is 0 Å². The highest BCUT2D eigenvalue weighted by molar-refractivity contribution is 7.71. The van der Waals surface area contributed by atoms with Gasteiger partial charge in [0.05, 0.1) is 11.7 Å². The predicted octanol–water partition coefficient (Wildman–Crippen LogP) is 1.93. The van der Waals surface area contributed by atoms with E-state index in [1.165, 1.54) is 0 Å². The van der Waals surface area contributed by atoms with Gasteiger partial charge in [-0.3, -0.25) is 0 Å². The third-order valence-electron chi connectivity index (χ3n) is 1.57. The van der Waals surface area contributed by atoms with E-state index in [1.54, 1.807) is 6.33 Å². The molecule has 2 aromatic heterocycles. The number of nitrogens with zero attached hydrogens (tertiary/aromatic N) is 1. The molecule has 0 aliphatic rings. The Hall–Kier alpha value is -1.16. The lowest BCUT2D eigenvalue weighted by Gasteiger charge is -1.86. The smallest absolute Gasteiger partial charge is 0.138 e. The number of nitrogens with one attached hydrogen (secondary N) is 2. The maximum atomic E-state index is 5.02. The fourth-order valence-electron chi connectivity index (χ4n) is 1.10. The molecule has 2 N–H and O–H groups in total. The van der Waals surface area contributed by atoms with Gasteiger partial charge in [0.2, 0.25) is 0 Å². The average molecular weight is 165 g/mol. The van der Waals surface area contributed by atoms with Crippen molar-refractivity contribution in [3.8, 4) is 0 Å². The van der Waals surface area contributed by atoms with Crippen molar-refractivity contribution in [3.05, 3.63) is 22.7 Å². The molecule has 0 saturated heterocycles. The monoisotopic (exact) mass is 165 g/mol. The second-order valence-electron chi connectivity index (χ2n) is 2.45. The molecule has 0 bridgehead atoms. The molecule has 0 aromatic carbocycles. The van der Waals surface area contributed by atoms with E-state index in [2.05, 4.69) is 15.0 Å². The van der Waals surface area contributed by atoms with Gasteiger partial charge in [-0.1, -0.05) is 12.2 Å². The van der Waals surface area contributed by atoms with Gasteiger partial charge in [0.15, 0.2) is 0 Å². The van der Waals surface area contributed by atoms with Crippen LogP contribution in [0.5, 0.6) is 0 Å². The van der Waals surface area contributed by atoms with Gasteiger partial charge in [-0.2, -0.15) is 0 Å². The molecule has 4 heteroatoms. The highest BCUT2D eigenvalue weighted by Crippen LogP contribution is 2.11. The zero-order valence-electron chi connectivity index (χ0n) is 6.01. The Balaban J connectivity index is 3.02. The number of hydrogen-bond donors (Lipinski definition) is 2. The summed E-state index contributed by atoms with van der Waals surface area (Å²) in [6, 6.07) is 1.99. The SMILES string of the molecule is Cc1cc2c(=S)nc[nH]c2[nH]1. The van der Waals surface area contributed by atoms with Crippen LogP contribution >= 0.6 is 12.2 Å². The van der Waals surface area contributed by atoms with Crippen LogP contribution in [-0.2, 0) is 0 Å². The first-order valence-electron chi connectivity index (χ1n) is 3.30. The summed E-state index contributed by atoms with van der Waals surface area (Å²) >= 11 is 5.02. The van der Waals surface area contributed by atoms with Crippen molar-refractivity contribution < 1.29 is 0 Å². The van der Waals surface area contributed by atoms with E-state index < -0.39 is 0 Å². The van der Waals surface area contributed by atoms with E-state index in [9.17, 15) is 0 Å². The van der Waals surface area contributed by atoms with Crippen LogP contribution in [0.25, 0.3) is 11.0 Å². The van der Waals surface area contributed by atoms with Crippen LogP contribution in [0.4, 0.5) is 0 Å². The van der Waals surface area contributed by atoms with Gasteiger partial charge in [-0.05, 0) is 13.0 Å². The van der Waals surface area contributed by atoms with Gasteiger partial charge in [0.25, 0.3) is 0 Å². The summed E-state index contributed by atoms with van der Waals surface area (Å²) in [6.07, 6.45) is 1.60. The number of aromatic amines is 2. The summed E-state index contributed by atoms with van der Waals surface area (Å²) in [5.74, 6) is 0. The normalized spacial score (nSPS) is 10.6. The number of aromatic nitrogens is 3. The Morgan fingerprint density at radius 3 is 3.09 bits per heavy atom. The molecular weight excluding hydrogens is 158 g/mol. The molecule has 0 aliphatic carbocycles. The maximum Gasteiger partial charge on any atom is 0.138 e. The van der Waals surface area contributed by atoms with Crippen LogP contribution in [0.15, 0.2) is 12.4 Å². The first-order chi connectivity index (χ1) is 5.27. The lowest BCUT2D eigenvalue weighted by Crippen LogP contribution is -1.79. The van der Waals surface area contributed by atoms with Crippen LogP contribution < -0.4 is 0 Å². The molecule has 2 aromatic rings. The first-order valence-corrected chi connectivity index (χ1v) is 3.71. The largest absolute Gasteiger partial charge is 0.345 e. The Kier molecular flexibility index (Phi) is 1.29. The number of fused-ring (bicyclic) bond motifs is 1. The second-order valence-corrected chi connectivity index (χ2v) is 2.84. The zero-order valence-corrected chi connectivity index (χ0v) is 6.83. The molecule has 2 heterocycles. The molecule has 0 unspecified atom stereocenters. The maximum absolute atomic E-state index is 5.02. The van der Waals surface area contributed by atoms with Crippen molar-refractivity contribution in [2.24, 2.45) is 0 Å². The lowest BCUT2D eigenvalue weighted by atomic mass is 10.4. The molecule has 2 rings (SSSR count). The minimum atomic E-state index is 0.642. The van der Waals surface area contributed by atoms with Crippen LogP contribution in [0.1, 0.15) is 5.69 Å². The van der Waals surface area contributed by atoms with E-state index in [4.69, 9.17) is 12.2 Å². The van der Waals surface area contributed by atoms with Crippen molar-refractivity contribution in [3.63, 3.8) is 0 Å². The van der Waals surface area contributed by atoms with E-state index in [0.29, 0.717) is 4.64 Å². The third kappa shape index (κ3) is 0.952.